The molecule has 0 atom stereocenters. The van der Waals surface area contributed by atoms with Crippen LogP contribution in [0.4, 0.5) is 0 Å². The molecule has 0 aliphatic carbocycles. The minimum Gasteiger partial charge on any atom is -0.480 e. The molecule has 0 unspecified atom stereocenters. The van der Waals surface area contributed by atoms with Gasteiger partial charge in [-0.05, 0) is 24.5 Å². The monoisotopic (exact) mass is 308 g/mol. The Morgan fingerprint density at radius 1 is 1.42 bits per heavy atom. The summed E-state index contributed by atoms with van der Waals surface area (Å²) >= 11 is 0. The number of carbonyl (C=O) groups is 1. The summed E-state index contributed by atoms with van der Waals surface area (Å²) in [5.41, 5.74) is 0.133. The molecular weight excluding hydrogens is 291 g/mol. The highest BCUT2D eigenvalue weighted by Gasteiger charge is 2.39. The first-order chi connectivity index (χ1) is 8.23. The van der Waals surface area contributed by atoms with Crippen LogP contribution < -0.4 is 5.32 Å². The second-order valence-electron chi connectivity index (χ2n) is 4.21. The summed E-state index contributed by atoms with van der Waals surface area (Å²) in [6, 6.07) is 3.77. The number of aromatic nitrogens is 1. The largest absolute Gasteiger partial charge is 0.480 e. The number of rotatable bonds is 4. The first kappa shape index (κ1) is 18.1. The first-order valence-electron chi connectivity index (χ1n) is 5.68. The SMILES string of the molecule is Cl.Cl.O=C(O)C1(NCc2cccnc2)CCOCC1. The molecule has 1 saturated heterocycles. The Kier molecular flexibility index (Phi) is 7.94. The third-order valence-corrected chi connectivity index (χ3v) is 3.11. The van der Waals surface area contributed by atoms with Crippen molar-refractivity contribution in [2.45, 2.75) is 24.9 Å². The van der Waals surface area contributed by atoms with Gasteiger partial charge in [0.15, 0.2) is 0 Å². The van der Waals surface area contributed by atoms with Crippen molar-refractivity contribution in [3.05, 3.63) is 30.1 Å². The average Bonchev–Trinajstić information content (AvgIpc) is 2.38. The highest BCUT2D eigenvalue weighted by molar-refractivity contribution is 5.85. The number of aliphatic carboxylic acids is 1. The van der Waals surface area contributed by atoms with E-state index in [1.54, 1.807) is 12.4 Å². The molecule has 0 bridgehead atoms. The molecule has 5 nitrogen and oxygen atoms in total. The Labute approximate surface area is 124 Å². The van der Waals surface area contributed by atoms with Crippen LogP contribution in [0.5, 0.6) is 0 Å². The lowest BCUT2D eigenvalue weighted by atomic mass is 9.90. The zero-order valence-corrected chi connectivity index (χ0v) is 12.0. The lowest BCUT2D eigenvalue weighted by Crippen LogP contribution is -2.55. The van der Waals surface area contributed by atoms with Crippen LogP contribution in [0.3, 0.4) is 0 Å². The molecule has 0 radical (unpaired) electrons. The van der Waals surface area contributed by atoms with E-state index < -0.39 is 11.5 Å². The van der Waals surface area contributed by atoms with Gasteiger partial charge < -0.3 is 9.84 Å². The molecule has 1 aliphatic heterocycles. The zero-order chi connectivity index (χ0) is 12.1. The molecule has 0 amide bonds. The summed E-state index contributed by atoms with van der Waals surface area (Å²) in [7, 11) is 0. The summed E-state index contributed by atoms with van der Waals surface area (Å²) < 4.78 is 5.21. The maximum atomic E-state index is 11.4. The van der Waals surface area contributed by atoms with Crippen molar-refractivity contribution in [3.63, 3.8) is 0 Å². The Morgan fingerprint density at radius 3 is 2.63 bits per heavy atom. The predicted molar refractivity (Wildman–Crippen MR) is 76.0 cm³/mol. The summed E-state index contributed by atoms with van der Waals surface area (Å²) in [4.78, 5) is 15.4. The predicted octanol–water partition coefficient (Wildman–Crippen LogP) is 1.65. The summed E-state index contributed by atoms with van der Waals surface area (Å²) in [6.07, 6.45) is 4.44. The van der Waals surface area contributed by atoms with Gasteiger partial charge in [-0.25, -0.2) is 0 Å². The van der Waals surface area contributed by atoms with E-state index in [1.807, 2.05) is 12.1 Å². The fraction of sp³-hybridized carbons (Fsp3) is 0.500. The number of nitrogens with zero attached hydrogens (tertiary/aromatic N) is 1. The summed E-state index contributed by atoms with van der Waals surface area (Å²) in [5.74, 6) is -0.801. The van der Waals surface area contributed by atoms with Gasteiger partial charge in [0.1, 0.15) is 5.54 Å². The Bertz CT molecular complexity index is 384. The van der Waals surface area contributed by atoms with Gasteiger partial charge in [-0.15, -0.1) is 24.8 Å². The molecule has 0 spiro atoms. The van der Waals surface area contributed by atoms with Crippen molar-refractivity contribution in [2.75, 3.05) is 13.2 Å². The van der Waals surface area contributed by atoms with E-state index in [9.17, 15) is 9.90 Å². The van der Waals surface area contributed by atoms with E-state index in [2.05, 4.69) is 10.3 Å². The molecule has 2 rings (SSSR count). The number of hydrogen-bond donors (Lipinski definition) is 2. The van der Waals surface area contributed by atoms with Gasteiger partial charge in [0.2, 0.25) is 0 Å². The van der Waals surface area contributed by atoms with Crippen molar-refractivity contribution in [3.8, 4) is 0 Å². The van der Waals surface area contributed by atoms with E-state index in [4.69, 9.17) is 4.74 Å². The lowest BCUT2D eigenvalue weighted by Gasteiger charge is -2.34. The maximum absolute atomic E-state index is 11.4. The number of nitrogens with one attached hydrogen (secondary N) is 1. The highest BCUT2D eigenvalue weighted by atomic mass is 35.5. The first-order valence-corrected chi connectivity index (χ1v) is 5.68. The lowest BCUT2D eigenvalue weighted by molar-refractivity contribution is -0.149. The molecule has 19 heavy (non-hydrogen) atoms. The molecule has 0 saturated carbocycles. The van der Waals surface area contributed by atoms with Crippen molar-refractivity contribution in [2.24, 2.45) is 0 Å². The highest BCUT2D eigenvalue weighted by Crippen LogP contribution is 2.21. The van der Waals surface area contributed by atoms with Crippen LogP contribution in [-0.2, 0) is 16.1 Å². The molecular formula is C12H18Cl2N2O3. The fourth-order valence-electron chi connectivity index (χ4n) is 1.96. The number of ether oxygens (including phenoxy) is 1. The quantitative estimate of drug-likeness (QED) is 0.885. The van der Waals surface area contributed by atoms with Gasteiger partial charge >= 0.3 is 5.97 Å². The topological polar surface area (TPSA) is 71.5 Å². The Hall–Kier alpha value is -0.880. The van der Waals surface area contributed by atoms with Gasteiger partial charge in [0.05, 0.1) is 0 Å². The molecule has 1 aromatic heterocycles. The van der Waals surface area contributed by atoms with Gasteiger partial charge in [-0.2, -0.15) is 0 Å². The van der Waals surface area contributed by atoms with Crippen LogP contribution in [0.25, 0.3) is 0 Å². The van der Waals surface area contributed by atoms with Crippen molar-refractivity contribution in [1.82, 2.24) is 10.3 Å². The van der Waals surface area contributed by atoms with E-state index in [0.717, 1.165) is 5.56 Å². The summed E-state index contributed by atoms with van der Waals surface area (Å²) in [6.45, 7) is 1.50. The molecule has 2 N–H and O–H groups in total. The van der Waals surface area contributed by atoms with Crippen molar-refractivity contribution in [1.29, 1.82) is 0 Å². The second kappa shape index (κ2) is 8.32. The Balaban J connectivity index is 0.00000162. The number of carboxylic acid groups (broad SMARTS) is 1. The van der Waals surface area contributed by atoms with Crippen LogP contribution in [-0.4, -0.2) is 34.8 Å². The van der Waals surface area contributed by atoms with E-state index in [1.165, 1.54) is 0 Å². The third kappa shape index (κ3) is 4.62. The molecule has 1 aliphatic rings. The normalized spacial score (nSPS) is 16.8. The van der Waals surface area contributed by atoms with E-state index in [0.29, 0.717) is 32.6 Å². The fourth-order valence-corrected chi connectivity index (χ4v) is 1.96. The smallest absolute Gasteiger partial charge is 0.324 e. The molecule has 108 valence electrons. The van der Waals surface area contributed by atoms with Crippen LogP contribution in [0, 0.1) is 0 Å². The summed E-state index contributed by atoms with van der Waals surface area (Å²) in [5, 5.41) is 12.5. The second-order valence-corrected chi connectivity index (χ2v) is 4.21. The van der Waals surface area contributed by atoms with Crippen LogP contribution >= 0.6 is 24.8 Å². The minimum atomic E-state index is -0.853. The zero-order valence-electron chi connectivity index (χ0n) is 10.4. The Morgan fingerprint density at radius 2 is 2.11 bits per heavy atom. The van der Waals surface area contributed by atoms with Crippen LogP contribution in [0.1, 0.15) is 18.4 Å². The van der Waals surface area contributed by atoms with Crippen LogP contribution in [0.2, 0.25) is 0 Å². The van der Waals surface area contributed by atoms with Gasteiger partial charge in [0, 0.05) is 32.2 Å². The molecule has 2 heterocycles. The van der Waals surface area contributed by atoms with Gasteiger partial charge in [-0.1, -0.05) is 6.07 Å². The maximum Gasteiger partial charge on any atom is 0.324 e. The van der Waals surface area contributed by atoms with Crippen molar-refractivity contribution >= 4 is 30.8 Å². The van der Waals surface area contributed by atoms with Gasteiger partial charge in [0.25, 0.3) is 0 Å². The number of pyridine rings is 1. The van der Waals surface area contributed by atoms with E-state index in [-0.39, 0.29) is 24.8 Å². The third-order valence-electron chi connectivity index (χ3n) is 3.11. The molecule has 1 fully saturated rings. The molecule has 0 aromatic carbocycles. The van der Waals surface area contributed by atoms with E-state index >= 15 is 0 Å². The standard InChI is InChI=1S/C12H16N2O3.2ClH/c15-11(16)12(3-6-17-7-4-12)14-9-10-2-1-5-13-8-10;;/h1-2,5,8,14H,3-4,6-7,9H2,(H,15,16);2*1H. The van der Waals surface area contributed by atoms with Crippen molar-refractivity contribution < 1.29 is 14.6 Å². The number of hydrogen-bond acceptors (Lipinski definition) is 4. The average molecular weight is 309 g/mol. The minimum absolute atomic E-state index is 0. The number of halogens is 2. The van der Waals surface area contributed by atoms with Crippen LogP contribution in [0.15, 0.2) is 24.5 Å². The molecule has 1 aromatic rings. The number of carboxylic acids is 1. The van der Waals surface area contributed by atoms with Gasteiger partial charge in [-0.3, -0.25) is 15.1 Å². The molecule has 7 heteroatoms.